The highest BCUT2D eigenvalue weighted by atomic mass is 15.0. The van der Waals surface area contributed by atoms with E-state index in [1.54, 1.807) is 0 Å². The first-order valence-corrected chi connectivity index (χ1v) is 34.1. The number of aromatic nitrogens is 7. The van der Waals surface area contributed by atoms with Gasteiger partial charge < -0.3 is 18.3 Å². The Morgan fingerprint density at radius 1 is 0.140 bits per heavy atom. The van der Waals surface area contributed by atoms with Gasteiger partial charge in [-0.15, -0.1) is 0 Å². The van der Waals surface area contributed by atoms with Crippen molar-refractivity contribution in [3.05, 3.63) is 358 Å². The topological polar surface area (TPSA) is 58.4 Å². The van der Waals surface area contributed by atoms with Gasteiger partial charge in [-0.25, -0.2) is 15.0 Å². The van der Waals surface area contributed by atoms with Crippen LogP contribution in [0.4, 0.5) is 0 Å². The van der Waals surface area contributed by atoms with Crippen LogP contribution in [0.3, 0.4) is 0 Å². The summed E-state index contributed by atoms with van der Waals surface area (Å²) >= 11 is 0. The van der Waals surface area contributed by atoms with Gasteiger partial charge in [-0.2, -0.15) is 0 Å². The maximum absolute atomic E-state index is 5.35. The first-order chi connectivity index (χ1) is 49.6. The molecular weight excluding hydrogens is 1220 g/mol. The average molecular weight is 1270 g/mol. The summed E-state index contributed by atoms with van der Waals surface area (Å²) in [6.07, 6.45) is 0. The molecule has 5 aromatic heterocycles. The second kappa shape index (κ2) is 23.1. The molecule has 20 aromatic rings. The molecule has 15 aromatic carbocycles. The van der Waals surface area contributed by atoms with Gasteiger partial charge in [-0.05, 0) is 202 Å². The van der Waals surface area contributed by atoms with Crippen LogP contribution in [-0.4, -0.2) is 33.2 Å². The molecule has 0 bridgehead atoms. The largest absolute Gasteiger partial charge is 0.309 e. The van der Waals surface area contributed by atoms with Gasteiger partial charge in [-0.3, -0.25) is 0 Å². The SMILES string of the molecule is c1ccc(-c2cccc(-c3cccc(-c4nc(-c5ccc(-n6c7ccccc7c7cc(-c8ccc9c(c8)c8ccccc8n9-c8ccccc8)ccc76)cc5)nc(-c5ccc(-n6c7ccccc7c7cc(-c8ccc9c(c8)c8ccccc8n9-c8ccccc8)ccc76)cc5)n4)c3)c2)cc1. The third-order valence-electron chi connectivity index (χ3n) is 20.2. The zero-order valence-corrected chi connectivity index (χ0v) is 54.2. The minimum atomic E-state index is 0.585. The van der Waals surface area contributed by atoms with E-state index < -0.39 is 0 Å². The lowest BCUT2D eigenvalue weighted by Gasteiger charge is -2.12. The molecule has 0 fully saturated rings. The summed E-state index contributed by atoms with van der Waals surface area (Å²) < 4.78 is 9.50. The Labute approximate surface area is 576 Å². The zero-order valence-electron chi connectivity index (χ0n) is 54.2. The van der Waals surface area contributed by atoms with E-state index in [1.807, 2.05) is 0 Å². The summed E-state index contributed by atoms with van der Waals surface area (Å²) in [5, 5.41) is 9.70. The van der Waals surface area contributed by atoms with Crippen LogP contribution in [0.5, 0.6) is 0 Å². The predicted octanol–water partition coefficient (Wildman–Crippen LogP) is 23.9. The van der Waals surface area contributed by atoms with E-state index in [-0.39, 0.29) is 0 Å². The molecule has 7 nitrogen and oxygen atoms in total. The molecular formula is C93H59N7. The highest BCUT2D eigenvalue weighted by molar-refractivity contribution is 6.15. The normalized spacial score (nSPS) is 11.8. The fourth-order valence-electron chi connectivity index (χ4n) is 15.5. The average Bonchev–Trinajstić information content (AvgIpc) is 1.60. The van der Waals surface area contributed by atoms with Crippen molar-refractivity contribution in [3.63, 3.8) is 0 Å². The molecule has 0 aliphatic carbocycles. The fraction of sp³-hybridized carbons (Fsp3) is 0. The van der Waals surface area contributed by atoms with E-state index in [4.69, 9.17) is 15.0 Å². The van der Waals surface area contributed by atoms with Crippen LogP contribution in [0.1, 0.15) is 0 Å². The molecule has 0 aliphatic rings. The predicted molar refractivity (Wildman–Crippen MR) is 415 cm³/mol. The van der Waals surface area contributed by atoms with E-state index in [0.29, 0.717) is 17.5 Å². The quantitative estimate of drug-likeness (QED) is 0.130. The number of hydrogen-bond donors (Lipinski definition) is 0. The minimum Gasteiger partial charge on any atom is -0.309 e. The number of benzene rings is 15. The molecule has 0 saturated heterocycles. The highest BCUT2D eigenvalue weighted by Crippen LogP contribution is 2.42. The minimum absolute atomic E-state index is 0.585. The number of hydrogen-bond acceptors (Lipinski definition) is 3. The molecule has 0 N–H and O–H groups in total. The number of fused-ring (bicyclic) bond motifs is 12. The molecule has 0 radical (unpaired) electrons. The first-order valence-electron chi connectivity index (χ1n) is 34.1. The van der Waals surface area contributed by atoms with Crippen molar-refractivity contribution >= 4 is 87.2 Å². The summed E-state index contributed by atoms with van der Waals surface area (Å²) in [6.45, 7) is 0. The summed E-state index contributed by atoms with van der Waals surface area (Å²) in [6, 6.07) is 129. The zero-order chi connectivity index (χ0) is 65.8. The lowest BCUT2D eigenvalue weighted by atomic mass is 9.98. The van der Waals surface area contributed by atoms with Crippen molar-refractivity contribution in [2.45, 2.75) is 0 Å². The fourth-order valence-corrected chi connectivity index (χ4v) is 15.5. The van der Waals surface area contributed by atoms with Gasteiger partial charge >= 0.3 is 0 Å². The Hall–Kier alpha value is -13.5. The van der Waals surface area contributed by atoms with Gasteiger partial charge in [0.1, 0.15) is 0 Å². The Kier molecular flexibility index (Phi) is 13.1. The molecule has 466 valence electrons. The van der Waals surface area contributed by atoms with Crippen LogP contribution >= 0.6 is 0 Å². The van der Waals surface area contributed by atoms with Gasteiger partial charge in [-0.1, -0.05) is 200 Å². The van der Waals surface area contributed by atoms with Crippen molar-refractivity contribution in [2.24, 2.45) is 0 Å². The van der Waals surface area contributed by atoms with Crippen LogP contribution < -0.4 is 0 Å². The van der Waals surface area contributed by atoms with Crippen molar-refractivity contribution in [2.75, 3.05) is 0 Å². The van der Waals surface area contributed by atoms with Crippen LogP contribution in [0, 0.1) is 0 Å². The van der Waals surface area contributed by atoms with E-state index >= 15 is 0 Å². The Morgan fingerprint density at radius 2 is 0.370 bits per heavy atom. The van der Waals surface area contributed by atoms with Crippen molar-refractivity contribution < 1.29 is 0 Å². The number of rotatable bonds is 11. The molecule has 0 aliphatic heterocycles. The molecule has 7 heteroatoms. The molecule has 100 heavy (non-hydrogen) atoms. The van der Waals surface area contributed by atoms with E-state index in [0.717, 1.165) is 78.2 Å². The molecule has 0 spiro atoms. The molecule has 0 atom stereocenters. The maximum Gasteiger partial charge on any atom is 0.164 e. The maximum atomic E-state index is 5.35. The van der Waals surface area contributed by atoms with Crippen LogP contribution in [0.15, 0.2) is 358 Å². The molecule has 0 unspecified atom stereocenters. The van der Waals surface area contributed by atoms with Crippen LogP contribution in [0.2, 0.25) is 0 Å². The van der Waals surface area contributed by atoms with E-state index in [2.05, 4.69) is 376 Å². The molecule has 0 saturated carbocycles. The van der Waals surface area contributed by atoms with E-state index in [1.165, 1.54) is 93.0 Å². The highest BCUT2D eigenvalue weighted by Gasteiger charge is 2.21. The Morgan fingerprint density at radius 3 is 0.720 bits per heavy atom. The van der Waals surface area contributed by atoms with Crippen molar-refractivity contribution in [1.82, 2.24) is 33.2 Å². The van der Waals surface area contributed by atoms with E-state index in [9.17, 15) is 0 Å². The third kappa shape index (κ3) is 9.39. The monoisotopic (exact) mass is 1270 g/mol. The summed E-state index contributed by atoms with van der Waals surface area (Å²) in [5.41, 5.74) is 25.5. The van der Waals surface area contributed by atoms with Gasteiger partial charge in [0.15, 0.2) is 17.5 Å². The van der Waals surface area contributed by atoms with Gasteiger partial charge in [0.05, 0.1) is 44.1 Å². The molecule has 20 rings (SSSR count). The lowest BCUT2D eigenvalue weighted by Crippen LogP contribution is -2.01. The smallest absolute Gasteiger partial charge is 0.164 e. The Balaban J connectivity index is 0.668. The second-order valence-electron chi connectivity index (χ2n) is 25.9. The summed E-state index contributed by atoms with van der Waals surface area (Å²) in [4.78, 5) is 16.0. The molecule has 0 amide bonds. The van der Waals surface area contributed by atoms with Crippen molar-refractivity contribution in [1.29, 1.82) is 0 Å². The first kappa shape index (κ1) is 56.8. The standard InChI is InChI=1S/C93H59N7/c1-4-20-60(21-5-1)63-22-18-23-64(54-63)65-24-19-25-70(55-65)93-95-91(61-38-46-73(47-39-61)99-85-36-16-12-32-77(85)81-58-68(44-52-89(81)99)66-42-50-87-79(56-66)75-30-10-14-34-83(75)97(87)71-26-6-2-7-27-71)94-92(96-93)62-40-48-74(49-41-62)100-86-37-17-13-33-78(86)82-59-69(45-53-90(82)100)67-43-51-88-80(57-67)76-31-11-15-35-84(76)98(88)72-28-8-3-9-29-72/h1-59H. The number of para-hydroxylation sites is 6. The Bertz CT molecular complexity index is 6280. The van der Waals surface area contributed by atoms with Gasteiger partial charge in [0.25, 0.3) is 0 Å². The van der Waals surface area contributed by atoms with Gasteiger partial charge in [0, 0.05) is 82.5 Å². The van der Waals surface area contributed by atoms with Crippen molar-refractivity contribution in [3.8, 4) is 101 Å². The summed E-state index contributed by atoms with van der Waals surface area (Å²) in [5.74, 6) is 1.76. The summed E-state index contributed by atoms with van der Waals surface area (Å²) in [7, 11) is 0. The second-order valence-corrected chi connectivity index (χ2v) is 25.9. The lowest BCUT2D eigenvalue weighted by molar-refractivity contribution is 1.07. The number of nitrogens with zero attached hydrogens (tertiary/aromatic N) is 7. The van der Waals surface area contributed by atoms with Crippen LogP contribution in [0.25, 0.3) is 189 Å². The van der Waals surface area contributed by atoms with Crippen LogP contribution in [-0.2, 0) is 0 Å². The third-order valence-corrected chi connectivity index (χ3v) is 20.2. The van der Waals surface area contributed by atoms with Gasteiger partial charge in [0.2, 0.25) is 0 Å². The molecule has 5 heterocycles.